The van der Waals surface area contributed by atoms with Crippen molar-refractivity contribution < 1.29 is 19.1 Å². The van der Waals surface area contributed by atoms with Crippen molar-refractivity contribution in [2.24, 2.45) is 0 Å². The van der Waals surface area contributed by atoms with Crippen molar-refractivity contribution in [1.29, 1.82) is 0 Å². The first kappa shape index (κ1) is 21.0. The Morgan fingerprint density at radius 3 is 2.69 bits per heavy atom. The van der Waals surface area contributed by atoms with Gasteiger partial charge >= 0.3 is 0 Å². The summed E-state index contributed by atoms with van der Waals surface area (Å²) >= 11 is 6.10. The Morgan fingerprint density at radius 1 is 1.17 bits per heavy atom. The summed E-state index contributed by atoms with van der Waals surface area (Å²) < 4.78 is 10.9. The van der Waals surface area contributed by atoms with Crippen molar-refractivity contribution in [1.82, 2.24) is 5.32 Å². The predicted molar refractivity (Wildman–Crippen MR) is 113 cm³/mol. The summed E-state index contributed by atoms with van der Waals surface area (Å²) in [5, 5.41) is 3.43. The number of benzene rings is 2. The minimum atomic E-state index is -0.217. The van der Waals surface area contributed by atoms with Gasteiger partial charge in [0.1, 0.15) is 0 Å². The summed E-state index contributed by atoms with van der Waals surface area (Å²) in [5.74, 6) is 0.483. The van der Waals surface area contributed by atoms with Crippen LogP contribution in [0, 0.1) is 0 Å². The average Bonchev–Trinajstić information content (AvgIpc) is 2.70. The maximum Gasteiger partial charge on any atom is 0.258 e. The Morgan fingerprint density at radius 2 is 1.97 bits per heavy atom. The molecular weight excluding hydrogens is 392 g/mol. The van der Waals surface area contributed by atoms with Crippen molar-refractivity contribution in [2.45, 2.75) is 32.7 Å². The number of nitrogens with one attached hydrogen (secondary N) is 1. The van der Waals surface area contributed by atoms with E-state index in [4.69, 9.17) is 21.1 Å². The lowest BCUT2D eigenvalue weighted by molar-refractivity contribution is -0.123. The molecule has 3 rings (SSSR count). The zero-order valence-electron chi connectivity index (χ0n) is 16.8. The van der Waals surface area contributed by atoms with Gasteiger partial charge in [-0.1, -0.05) is 11.6 Å². The van der Waals surface area contributed by atoms with Gasteiger partial charge in [0.05, 0.1) is 7.11 Å². The molecule has 2 aromatic carbocycles. The SMILES string of the molecule is COc1cc(C(=O)N2CCCc3cc(Cl)ccc32)ccc1OCC(=O)NC(C)C. The second kappa shape index (κ2) is 9.18. The smallest absolute Gasteiger partial charge is 0.258 e. The minimum absolute atomic E-state index is 0.0373. The van der Waals surface area contributed by atoms with Crippen LogP contribution < -0.4 is 19.7 Å². The van der Waals surface area contributed by atoms with Gasteiger partial charge in [0.15, 0.2) is 18.1 Å². The molecule has 1 N–H and O–H groups in total. The van der Waals surface area contributed by atoms with Crippen molar-refractivity contribution in [3.63, 3.8) is 0 Å². The van der Waals surface area contributed by atoms with Crippen LogP contribution >= 0.6 is 11.6 Å². The van der Waals surface area contributed by atoms with E-state index in [-0.39, 0.29) is 24.5 Å². The number of hydrogen-bond acceptors (Lipinski definition) is 4. The molecule has 0 aromatic heterocycles. The lowest BCUT2D eigenvalue weighted by atomic mass is 10.0. The van der Waals surface area contributed by atoms with Gasteiger partial charge < -0.3 is 19.7 Å². The zero-order valence-corrected chi connectivity index (χ0v) is 17.6. The van der Waals surface area contributed by atoms with Gasteiger partial charge in [-0.3, -0.25) is 9.59 Å². The fourth-order valence-electron chi connectivity index (χ4n) is 3.36. The van der Waals surface area contributed by atoms with E-state index < -0.39 is 0 Å². The van der Waals surface area contributed by atoms with E-state index in [1.807, 2.05) is 26.0 Å². The van der Waals surface area contributed by atoms with Crippen LogP contribution in [-0.2, 0) is 11.2 Å². The highest BCUT2D eigenvalue weighted by atomic mass is 35.5. The highest BCUT2D eigenvalue weighted by Gasteiger charge is 2.24. The molecule has 6 nitrogen and oxygen atoms in total. The highest BCUT2D eigenvalue weighted by Crippen LogP contribution is 2.33. The normalized spacial score (nSPS) is 13.1. The Labute approximate surface area is 175 Å². The summed E-state index contributed by atoms with van der Waals surface area (Å²) in [6.45, 7) is 4.28. The molecule has 154 valence electrons. The molecule has 1 aliphatic rings. The van der Waals surface area contributed by atoms with Crippen molar-refractivity contribution in [3.8, 4) is 11.5 Å². The Hall–Kier alpha value is -2.73. The van der Waals surface area contributed by atoms with Crippen LogP contribution in [0.4, 0.5) is 5.69 Å². The first-order valence-corrected chi connectivity index (χ1v) is 9.97. The second-order valence-electron chi connectivity index (χ2n) is 7.21. The monoisotopic (exact) mass is 416 g/mol. The lowest BCUT2D eigenvalue weighted by Crippen LogP contribution is -2.35. The van der Waals surface area contributed by atoms with E-state index in [0.29, 0.717) is 28.6 Å². The summed E-state index contributed by atoms with van der Waals surface area (Å²) in [4.78, 5) is 26.7. The molecule has 0 saturated carbocycles. The number of carbonyl (C=O) groups is 2. The number of methoxy groups -OCH3 is 1. The first-order valence-electron chi connectivity index (χ1n) is 9.59. The molecule has 2 amide bonds. The number of fused-ring (bicyclic) bond motifs is 1. The summed E-state index contributed by atoms with van der Waals surface area (Å²) in [6, 6.07) is 10.6. The van der Waals surface area contributed by atoms with Crippen molar-refractivity contribution in [2.75, 3.05) is 25.2 Å². The van der Waals surface area contributed by atoms with Crippen LogP contribution in [0.2, 0.25) is 5.02 Å². The topological polar surface area (TPSA) is 67.9 Å². The molecular formula is C22H25ClN2O4. The van der Waals surface area contributed by atoms with E-state index in [1.54, 1.807) is 29.2 Å². The van der Waals surface area contributed by atoms with Gasteiger partial charge in [-0.15, -0.1) is 0 Å². The summed E-state index contributed by atoms with van der Waals surface area (Å²) in [5.41, 5.74) is 2.44. The van der Waals surface area contributed by atoms with Gasteiger partial charge in [0.25, 0.3) is 11.8 Å². The van der Waals surface area contributed by atoms with Gasteiger partial charge in [0.2, 0.25) is 0 Å². The Balaban J connectivity index is 1.78. The molecule has 0 unspecified atom stereocenters. The molecule has 0 bridgehead atoms. The molecule has 0 radical (unpaired) electrons. The number of hydrogen-bond donors (Lipinski definition) is 1. The zero-order chi connectivity index (χ0) is 21.0. The molecule has 0 saturated heterocycles. The number of carbonyl (C=O) groups excluding carboxylic acids is 2. The van der Waals surface area contributed by atoms with Crippen LogP contribution in [0.5, 0.6) is 11.5 Å². The van der Waals surface area contributed by atoms with Gasteiger partial charge in [-0.25, -0.2) is 0 Å². The van der Waals surface area contributed by atoms with E-state index in [1.165, 1.54) is 7.11 Å². The summed E-state index contributed by atoms with van der Waals surface area (Å²) in [7, 11) is 1.50. The first-order chi connectivity index (χ1) is 13.9. The Bertz CT molecular complexity index is 914. The Kier molecular flexibility index (Phi) is 6.64. The minimum Gasteiger partial charge on any atom is -0.493 e. The molecule has 2 aromatic rings. The van der Waals surface area contributed by atoms with E-state index in [0.717, 1.165) is 24.1 Å². The molecule has 1 aliphatic heterocycles. The average molecular weight is 417 g/mol. The fourth-order valence-corrected chi connectivity index (χ4v) is 3.55. The molecule has 1 heterocycles. The van der Waals surface area contributed by atoms with E-state index in [9.17, 15) is 9.59 Å². The number of nitrogens with zero attached hydrogens (tertiary/aromatic N) is 1. The van der Waals surface area contributed by atoms with Crippen LogP contribution in [0.3, 0.4) is 0 Å². The molecule has 0 atom stereocenters. The number of rotatable bonds is 6. The van der Waals surface area contributed by atoms with Crippen LogP contribution in [0.15, 0.2) is 36.4 Å². The van der Waals surface area contributed by atoms with Crippen molar-refractivity contribution in [3.05, 3.63) is 52.5 Å². The second-order valence-corrected chi connectivity index (χ2v) is 7.65. The van der Waals surface area contributed by atoms with E-state index >= 15 is 0 Å². The third-order valence-electron chi connectivity index (χ3n) is 4.62. The third-order valence-corrected chi connectivity index (χ3v) is 4.86. The fraction of sp³-hybridized carbons (Fsp3) is 0.364. The molecule has 29 heavy (non-hydrogen) atoms. The van der Waals surface area contributed by atoms with Crippen LogP contribution in [0.1, 0.15) is 36.2 Å². The third kappa shape index (κ3) is 5.01. The highest BCUT2D eigenvalue weighted by molar-refractivity contribution is 6.30. The van der Waals surface area contributed by atoms with E-state index in [2.05, 4.69) is 5.32 Å². The standard InChI is InChI=1S/C22H25ClN2O4/c1-14(2)24-21(26)13-29-19-9-6-16(12-20(19)28-3)22(27)25-10-4-5-15-11-17(23)7-8-18(15)25/h6-9,11-12,14H,4-5,10,13H2,1-3H3,(H,24,26). The number of ether oxygens (including phenoxy) is 2. The van der Waals surface area contributed by atoms with Gasteiger partial charge in [-0.2, -0.15) is 0 Å². The number of amides is 2. The lowest BCUT2D eigenvalue weighted by Gasteiger charge is -2.30. The number of halogens is 1. The van der Waals surface area contributed by atoms with Crippen molar-refractivity contribution >= 4 is 29.1 Å². The van der Waals surface area contributed by atoms with Crippen LogP contribution in [0.25, 0.3) is 0 Å². The number of aryl methyl sites for hydroxylation is 1. The molecule has 0 spiro atoms. The largest absolute Gasteiger partial charge is 0.493 e. The molecule has 0 fully saturated rings. The number of anilines is 1. The molecule has 0 aliphatic carbocycles. The van der Waals surface area contributed by atoms with Gasteiger partial charge in [0, 0.05) is 28.9 Å². The predicted octanol–water partition coefficient (Wildman–Crippen LogP) is 3.85. The maximum atomic E-state index is 13.1. The summed E-state index contributed by atoms with van der Waals surface area (Å²) in [6.07, 6.45) is 1.77. The quantitative estimate of drug-likeness (QED) is 0.776. The maximum absolute atomic E-state index is 13.1. The van der Waals surface area contributed by atoms with Gasteiger partial charge in [-0.05, 0) is 68.7 Å². The van der Waals surface area contributed by atoms with Crippen LogP contribution in [-0.4, -0.2) is 38.1 Å². The molecule has 7 heteroatoms.